The number of rotatable bonds is 4. The Kier molecular flexibility index (Phi) is 5.42. The predicted molar refractivity (Wildman–Crippen MR) is 110 cm³/mol. The predicted octanol–water partition coefficient (Wildman–Crippen LogP) is 3.45. The van der Waals surface area contributed by atoms with Crippen LogP contribution < -0.4 is 19.5 Å². The van der Waals surface area contributed by atoms with E-state index in [0.717, 1.165) is 11.3 Å². The van der Waals surface area contributed by atoms with Gasteiger partial charge in [-0.05, 0) is 35.9 Å². The van der Waals surface area contributed by atoms with Gasteiger partial charge in [0.15, 0.2) is 5.78 Å². The summed E-state index contributed by atoms with van der Waals surface area (Å²) in [6.07, 6.45) is 3.29. The molecule has 0 bridgehead atoms. The maximum Gasteiger partial charge on any atom is 0.266 e. The first-order valence-corrected chi connectivity index (χ1v) is 9.43. The molecule has 1 N–H and O–H groups in total. The molecule has 0 amide bonds. The Morgan fingerprint density at radius 2 is 1.74 bits per heavy atom. The third-order valence-corrected chi connectivity index (χ3v) is 4.78. The zero-order chi connectivity index (χ0) is 19.4. The van der Waals surface area contributed by atoms with E-state index < -0.39 is 5.41 Å². The van der Waals surface area contributed by atoms with Gasteiger partial charge < -0.3 is 9.72 Å². The molecule has 0 saturated carbocycles. The number of thiazole rings is 1. The molecule has 138 valence electrons. The van der Waals surface area contributed by atoms with Gasteiger partial charge in [0.1, 0.15) is 11.5 Å². The van der Waals surface area contributed by atoms with Crippen LogP contribution in [0.2, 0.25) is 0 Å². The number of aromatic nitrogens is 1. The molecule has 1 aromatic heterocycles. The van der Waals surface area contributed by atoms with E-state index in [1.165, 1.54) is 17.4 Å². The highest BCUT2D eigenvalue weighted by molar-refractivity contribution is 7.07. The number of benzene rings is 2. The van der Waals surface area contributed by atoms with Crippen LogP contribution in [0.1, 0.15) is 26.3 Å². The van der Waals surface area contributed by atoms with E-state index in [4.69, 9.17) is 4.74 Å². The van der Waals surface area contributed by atoms with Gasteiger partial charge in [0.05, 0.1) is 9.20 Å². The van der Waals surface area contributed by atoms with Gasteiger partial charge in [-0.1, -0.05) is 51.1 Å². The first kappa shape index (κ1) is 18.9. The number of ether oxygens (including phenoxy) is 1. The van der Waals surface area contributed by atoms with E-state index in [1.807, 2.05) is 75.4 Å². The Labute approximate surface area is 161 Å². The van der Waals surface area contributed by atoms with E-state index in [2.05, 4.69) is 4.98 Å². The number of aromatic amines is 1. The summed E-state index contributed by atoms with van der Waals surface area (Å²) in [5.41, 5.74) is 0.167. The SMILES string of the molecule is CC(C)(C)C(=O)/C=c1\[nH]c(=O)/c(=C\c2cccc(Oc3ccccc3)c2)s1. The summed E-state index contributed by atoms with van der Waals surface area (Å²) in [5, 5.41) is 0. The van der Waals surface area contributed by atoms with Crippen LogP contribution in [0.5, 0.6) is 11.5 Å². The molecule has 0 aliphatic rings. The minimum Gasteiger partial charge on any atom is -0.457 e. The van der Waals surface area contributed by atoms with Crippen molar-refractivity contribution in [3.05, 3.63) is 79.7 Å². The van der Waals surface area contributed by atoms with Gasteiger partial charge >= 0.3 is 0 Å². The zero-order valence-electron chi connectivity index (χ0n) is 15.5. The summed E-state index contributed by atoms with van der Waals surface area (Å²) in [6, 6.07) is 17.0. The summed E-state index contributed by atoms with van der Waals surface area (Å²) in [7, 11) is 0. The van der Waals surface area contributed by atoms with E-state index in [0.29, 0.717) is 14.9 Å². The average molecular weight is 379 g/mol. The summed E-state index contributed by atoms with van der Waals surface area (Å²) < 4.78 is 6.93. The number of ketones is 1. The zero-order valence-corrected chi connectivity index (χ0v) is 16.3. The lowest BCUT2D eigenvalue weighted by molar-refractivity contribution is -0.119. The normalized spacial score (nSPS) is 13.0. The molecule has 0 fully saturated rings. The van der Waals surface area contributed by atoms with Crippen LogP contribution in [0, 0.1) is 5.41 Å². The van der Waals surface area contributed by atoms with Gasteiger partial charge in [0, 0.05) is 11.5 Å². The number of Topliss-reactive ketones (excluding diaryl/α,β-unsaturated/α-hetero) is 1. The average Bonchev–Trinajstić information content (AvgIpc) is 2.94. The van der Waals surface area contributed by atoms with Crippen molar-refractivity contribution in [2.75, 3.05) is 0 Å². The second kappa shape index (κ2) is 7.76. The highest BCUT2D eigenvalue weighted by Crippen LogP contribution is 2.22. The van der Waals surface area contributed by atoms with Crippen LogP contribution in [0.4, 0.5) is 0 Å². The molecule has 0 aliphatic heterocycles. The van der Waals surface area contributed by atoms with Crippen molar-refractivity contribution in [2.45, 2.75) is 20.8 Å². The molecule has 0 unspecified atom stereocenters. The Hall–Kier alpha value is -2.92. The van der Waals surface area contributed by atoms with Gasteiger partial charge in [-0.25, -0.2) is 0 Å². The van der Waals surface area contributed by atoms with Crippen molar-refractivity contribution in [3.63, 3.8) is 0 Å². The summed E-state index contributed by atoms with van der Waals surface area (Å²) in [6.45, 7) is 5.55. The van der Waals surface area contributed by atoms with Gasteiger partial charge in [0.2, 0.25) is 0 Å². The molecule has 4 nitrogen and oxygen atoms in total. The Balaban J connectivity index is 1.92. The standard InChI is InChI=1S/C22H21NO3S/c1-22(2,3)19(24)14-20-23-21(25)18(27-20)13-15-8-7-11-17(12-15)26-16-9-5-4-6-10-16/h4-14H,1-3H3,(H,23,25)/b18-13+,20-14+. The molecule has 0 radical (unpaired) electrons. The maximum atomic E-state index is 12.2. The highest BCUT2D eigenvalue weighted by atomic mass is 32.1. The van der Waals surface area contributed by atoms with Crippen molar-refractivity contribution in [1.82, 2.24) is 4.98 Å². The number of carbonyl (C=O) groups is 1. The van der Waals surface area contributed by atoms with Gasteiger partial charge in [-0.2, -0.15) is 0 Å². The molecule has 0 saturated heterocycles. The molecule has 3 aromatic rings. The lowest BCUT2D eigenvalue weighted by Crippen LogP contribution is -2.22. The third-order valence-electron chi connectivity index (χ3n) is 3.82. The Morgan fingerprint density at radius 1 is 1.04 bits per heavy atom. The molecular formula is C22H21NO3S. The minimum absolute atomic E-state index is 0.0233. The molecular weight excluding hydrogens is 358 g/mol. The van der Waals surface area contributed by atoms with Crippen molar-refractivity contribution in [3.8, 4) is 11.5 Å². The van der Waals surface area contributed by atoms with Crippen LogP contribution in [-0.4, -0.2) is 10.8 Å². The second-order valence-electron chi connectivity index (χ2n) is 7.18. The fourth-order valence-electron chi connectivity index (χ4n) is 2.30. The van der Waals surface area contributed by atoms with Gasteiger partial charge in [-0.3, -0.25) is 9.59 Å². The smallest absolute Gasteiger partial charge is 0.266 e. The summed E-state index contributed by atoms with van der Waals surface area (Å²) in [4.78, 5) is 27.1. The van der Waals surface area contributed by atoms with E-state index in [1.54, 1.807) is 6.08 Å². The molecule has 5 heteroatoms. The summed E-state index contributed by atoms with van der Waals surface area (Å²) in [5.74, 6) is 1.42. The first-order valence-electron chi connectivity index (χ1n) is 8.61. The molecule has 0 aliphatic carbocycles. The van der Waals surface area contributed by atoms with E-state index >= 15 is 0 Å². The lowest BCUT2D eigenvalue weighted by Gasteiger charge is -2.12. The van der Waals surface area contributed by atoms with Crippen molar-refractivity contribution >= 4 is 29.3 Å². The highest BCUT2D eigenvalue weighted by Gasteiger charge is 2.18. The number of hydrogen-bond donors (Lipinski definition) is 1. The minimum atomic E-state index is -0.478. The van der Waals surface area contributed by atoms with E-state index in [-0.39, 0.29) is 11.3 Å². The Bertz CT molecular complexity index is 1120. The topological polar surface area (TPSA) is 59.2 Å². The number of hydrogen-bond acceptors (Lipinski definition) is 4. The third kappa shape index (κ3) is 5.05. The maximum absolute atomic E-state index is 12.2. The van der Waals surface area contributed by atoms with Crippen molar-refractivity contribution in [1.29, 1.82) is 0 Å². The number of para-hydroxylation sites is 1. The molecule has 0 atom stereocenters. The van der Waals surface area contributed by atoms with Crippen LogP contribution in [-0.2, 0) is 4.79 Å². The van der Waals surface area contributed by atoms with Crippen LogP contribution in [0.3, 0.4) is 0 Å². The first-order chi connectivity index (χ1) is 12.8. The molecule has 27 heavy (non-hydrogen) atoms. The fourth-order valence-corrected chi connectivity index (χ4v) is 3.19. The van der Waals surface area contributed by atoms with Crippen LogP contribution in [0.15, 0.2) is 59.4 Å². The largest absolute Gasteiger partial charge is 0.457 e. The van der Waals surface area contributed by atoms with Crippen molar-refractivity contribution < 1.29 is 9.53 Å². The molecule has 0 spiro atoms. The van der Waals surface area contributed by atoms with Crippen LogP contribution in [0.25, 0.3) is 12.2 Å². The molecule has 3 rings (SSSR count). The quantitative estimate of drug-likeness (QED) is 0.755. The van der Waals surface area contributed by atoms with Gasteiger partial charge in [-0.15, -0.1) is 11.3 Å². The number of nitrogens with one attached hydrogen (secondary N) is 1. The molecule has 2 aromatic carbocycles. The second-order valence-corrected chi connectivity index (χ2v) is 8.26. The van der Waals surface area contributed by atoms with Crippen molar-refractivity contribution in [2.24, 2.45) is 5.41 Å². The number of H-pyrrole nitrogens is 1. The monoisotopic (exact) mass is 379 g/mol. The van der Waals surface area contributed by atoms with E-state index in [9.17, 15) is 9.59 Å². The molecule has 1 heterocycles. The van der Waals surface area contributed by atoms with Crippen LogP contribution >= 0.6 is 11.3 Å². The van der Waals surface area contributed by atoms with Gasteiger partial charge in [0.25, 0.3) is 5.56 Å². The summed E-state index contributed by atoms with van der Waals surface area (Å²) >= 11 is 1.27. The number of carbonyl (C=O) groups excluding carboxylic acids is 1. The lowest BCUT2D eigenvalue weighted by atomic mass is 9.91. The fraction of sp³-hybridized carbons (Fsp3) is 0.182. The Morgan fingerprint density at radius 3 is 2.44 bits per heavy atom.